The number of hydrogen-bond donors (Lipinski definition) is 0. The van der Waals surface area contributed by atoms with E-state index in [2.05, 4.69) is 15.1 Å². The summed E-state index contributed by atoms with van der Waals surface area (Å²) in [5.74, 6) is -0.913. The topological polar surface area (TPSA) is 51.8 Å². The highest BCUT2D eigenvalue weighted by Gasteiger charge is 2.37. The quantitative estimate of drug-likeness (QED) is 0.829. The first kappa shape index (κ1) is 12.5. The van der Waals surface area contributed by atoms with Gasteiger partial charge in [0, 0.05) is 13.1 Å². The number of pyridine rings is 1. The average molecular weight is 257 g/mol. The summed E-state index contributed by atoms with van der Waals surface area (Å²) in [6.45, 7) is 2.71. The van der Waals surface area contributed by atoms with Crippen LogP contribution < -0.4 is 0 Å². The maximum absolute atomic E-state index is 12.5. The Bertz CT molecular complexity index is 533. The summed E-state index contributed by atoms with van der Waals surface area (Å²) in [6.07, 6.45) is -3.09. The molecule has 0 fully saturated rings. The summed E-state index contributed by atoms with van der Waals surface area (Å²) in [6, 6.07) is 2.81. The molecule has 0 N–H and O–H groups in total. The van der Waals surface area contributed by atoms with E-state index in [9.17, 15) is 13.2 Å². The van der Waals surface area contributed by atoms with E-state index in [1.807, 2.05) is 0 Å². The summed E-state index contributed by atoms with van der Waals surface area (Å²) in [4.78, 5) is 7.85. The summed E-state index contributed by atoms with van der Waals surface area (Å²) >= 11 is 0. The highest BCUT2D eigenvalue weighted by molar-refractivity contribution is 5.48. The molecule has 0 radical (unpaired) electrons. The van der Waals surface area contributed by atoms with Crippen LogP contribution in [0.25, 0.3) is 11.5 Å². The number of alkyl halides is 3. The Hall–Kier alpha value is -1.92. The van der Waals surface area contributed by atoms with Crippen LogP contribution in [-0.2, 0) is 0 Å². The minimum atomic E-state index is -4.27. The zero-order valence-corrected chi connectivity index (χ0v) is 9.69. The molecule has 2 heterocycles. The van der Waals surface area contributed by atoms with Crippen LogP contribution in [0.5, 0.6) is 0 Å². The van der Waals surface area contributed by atoms with Crippen molar-refractivity contribution in [1.82, 2.24) is 15.1 Å². The van der Waals surface area contributed by atoms with Gasteiger partial charge in [0.05, 0.1) is 5.92 Å². The largest absolute Gasteiger partial charge is 0.395 e. The molecule has 4 nitrogen and oxygen atoms in total. The number of nitrogens with zero attached hydrogens (tertiary/aromatic N) is 3. The maximum atomic E-state index is 12.5. The second kappa shape index (κ2) is 4.40. The van der Waals surface area contributed by atoms with Gasteiger partial charge < -0.3 is 4.52 Å². The summed E-state index contributed by atoms with van der Waals surface area (Å²) in [7, 11) is 0. The third-order valence-corrected chi connectivity index (χ3v) is 2.53. The maximum Gasteiger partial charge on any atom is 0.395 e. The van der Waals surface area contributed by atoms with Crippen LogP contribution in [0.2, 0.25) is 0 Å². The van der Waals surface area contributed by atoms with Crippen LogP contribution in [0, 0.1) is 6.92 Å². The number of aryl methyl sites for hydroxylation is 1. The second-order valence-corrected chi connectivity index (χ2v) is 3.88. The van der Waals surface area contributed by atoms with E-state index in [4.69, 9.17) is 4.52 Å². The Morgan fingerprint density at radius 3 is 2.44 bits per heavy atom. The Labute approximate surface area is 101 Å². The number of hydrogen-bond acceptors (Lipinski definition) is 4. The van der Waals surface area contributed by atoms with Gasteiger partial charge in [-0.3, -0.25) is 4.98 Å². The predicted octanol–water partition coefficient (Wildman–Crippen LogP) is 3.11. The highest BCUT2D eigenvalue weighted by atomic mass is 19.4. The van der Waals surface area contributed by atoms with Crippen LogP contribution >= 0.6 is 0 Å². The molecule has 96 valence electrons. The van der Waals surface area contributed by atoms with Gasteiger partial charge in [-0.2, -0.15) is 18.2 Å². The van der Waals surface area contributed by atoms with Gasteiger partial charge in [0.15, 0.2) is 0 Å². The molecule has 0 aromatic carbocycles. The summed E-state index contributed by atoms with van der Waals surface area (Å²) in [5, 5.41) is 3.64. The number of halogens is 3. The normalized spacial score (nSPS) is 13.6. The monoisotopic (exact) mass is 257 g/mol. The molecule has 2 rings (SSSR count). The molecule has 1 atom stereocenters. The molecule has 2 aromatic heterocycles. The minimum Gasteiger partial charge on any atom is -0.339 e. The van der Waals surface area contributed by atoms with Crippen molar-refractivity contribution < 1.29 is 17.7 Å². The first-order chi connectivity index (χ1) is 8.38. The molecule has 0 bridgehead atoms. The smallest absolute Gasteiger partial charge is 0.339 e. The lowest BCUT2D eigenvalue weighted by Crippen LogP contribution is -2.17. The van der Waals surface area contributed by atoms with E-state index in [0.29, 0.717) is 11.6 Å². The molecule has 0 aliphatic heterocycles. The molecular formula is C11H10F3N3O. The summed E-state index contributed by atoms with van der Waals surface area (Å²) in [5.41, 5.74) is 0.483. The average Bonchev–Trinajstić information content (AvgIpc) is 2.74. The fourth-order valence-corrected chi connectivity index (χ4v) is 1.39. The fourth-order valence-electron chi connectivity index (χ4n) is 1.39. The highest BCUT2D eigenvalue weighted by Crippen LogP contribution is 2.34. The van der Waals surface area contributed by atoms with Crippen molar-refractivity contribution in [3.63, 3.8) is 0 Å². The van der Waals surface area contributed by atoms with Crippen molar-refractivity contribution in [2.45, 2.75) is 25.9 Å². The van der Waals surface area contributed by atoms with Gasteiger partial charge in [-0.05, 0) is 18.6 Å². The van der Waals surface area contributed by atoms with Crippen LogP contribution in [0.1, 0.15) is 24.3 Å². The van der Waals surface area contributed by atoms with Gasteiger partial charge in [-0.15, -0.1) is 0 Å². The Morgan fingerprint density at radius 2 is 2.00 bits per heavy atom. The molecule has 0 spiro atoms. The molecule has 0 amide bonds. The van der Waals surface area contributed by atoms with Crippen molar-refractivity contribution in [1.29, 1.82) is 0 Å². The molecule has 0 aliphatic carbocycles. The van der Waals surface area contributed by atoms with Crippen molar-refractivity contribution in [3.05, 3.63) is 29.8 Å². The summed E-state index contributed by atoms with van der Waals surface area (Å²) < 4.78 is 42.3. The van der Waals surface area contributed by atoms with Crippen molar-refractivity contribution in [2.24, 2.45) is 0 Å². The molecule has 0 aliphatic rings. The van der Waals surface area contributed by atoms with Crippen molar-refractivity contribution in [2.75, 3.05) is 0 Å². The zero-order chi connectivity index (χ0) is 13.3. The van der Waals surface area contributed by atoms with Gasteiger partial charge in [0.2, 0.25) is 11.7 Å². The SMILES string of the molecule is Cc1nc(-c2ccc(C(C)C(F)(F)F)cn2)no1. The van der Waals surface area contributed by atoms with E-state index in [1.54, 1.807) is 6.92 Å². The predicted molar refractivity (Wildman–Crippen MR) is 56.7 cm³/mol. The Morgan fingerprint density at radius 1 is 1.28 bits per heavy atom. The number of rotatable bonds is 2. The molecule has 0 saturated heterocycles. The zero-order valence-electron chi connectivity index (χ0n) is 9.69. The van der Waals surface area contributed by atoms with Crippen LogP contribution in [0.4, 0.5) is 13.2 Å². The third kappa shape index (κ3) is 2.49. The van der Waals surface area contributed by atoms with E-state index in [1.165, 1.54) is 18.3 Å². The number of aromatic nitrogens is 3. The lowest BCUT2D eigenvalue weighted by atomic mass is 10.0. The molecule has 2 aromatic rings. The van der Waals surface area contributed by atoms with Crippen LogP contribution in [0.15, 0.2) is 22.9 Å². The van der Waals surface area contributed by atoms with Crippen LogP contribution in [-0.4, -0.2) is 21.3 Å². The second-order valence-electron chi connectivity index (χ2n) is 3.88. The Balaban J connectivity index is 2.25. The molecule has 1 unspecified atom stereocenters. The van der Waals surface area contributed by atoms with Gasteiger partial charge in [-0.1, -0.05) is 11.2 Å². The lowest BCUT2D eigenvalue weighted by Gasteiger charge is -2.15. The van der Waals surface area contributed by atoms with Crippen molar-refractivity contribution >= 4 is 0 Å². The molecular weight excluding hydrogens is 247 g/mol. The van der Waals surface area contributed by atoms with Gasteiger partial charge >= 0.3 is 6.18 Å². The standard InChI is InChI=1S/C11H10F3N3O/c1-6(11(12,13)14)8-3-4-9(15-5-8)10-16-7(2)18-17-10/h3-6H,1-2H3. The molecule has 0 saturated carbocycles. The fraction of sp³-hybridized carbons (Fsp3) is 0.364. The minimum absolute atomic E-state index is 0.103. The van der Waals surface area contributed by atoms with Gasteiger partial charge in [-0.25, -0.2) is 0 Å². The molecule has 18 heavy (non-hydrogen) atoms. The van der Waals surface area contributed by atoms with Crippen LogP contribution in [0.3, 0.4) is 0 Å². The van der Waals surface area contributed by atoms with E-state index < -0.39 is 12.1 Å². The first-order valence-electron chi connectivity index (χ1n) is 5.21. The van der Waals surface area contributed by atoms with E-state index in [-0.39, 0.29) is 11.4 Å². The first-order valence-corrected chi connectivity index (χ1v) is 5.21. The van der Waals surface area contributed by atoms with Gasteiger partial charge in [0.1, 0.15) is 5.69 Å². The van der Waals surface area contributed by atoms with Crippen molar-refractivity contribution in [3.8, 4) is 11.5 Å². The molecule has 7 heteroatoms. The van der Waals surface area contributed by atoms with Gasteiger partial charge in [0.25, 0.3) is 0 Å². The van der Waals surface area contributed by atoms with E-state index in [0.717, 1.165) is 6.92 Å². The third-order valence-electron chi connectivity index (χ3n) is 2.53. The Kier molecular flexibility index (Phi) is 3.06. The van der Waals surface area contributed by atoms with E-state index >= 15 is 0 Å². The lowest BCUT2D eigenvalue weighted by molar-refractivity contribution is -0.146.